The van der Waals surface area contributed by atoms with Gasteiger partial charge in [0.15, 0.2) is 0 Å². The Labute approximate surface area is 136 Å². The van der Waals surface area contributed by atoms with Gasteiger partial charge >= 0.3 is 0 Å². The number of imidazole rings is 1. The van der Waals surface area contributed by atoms with Crippen molar-refractivity contribution in [2.75, 3.05) is 18.0 Å². The molecule has 23 heavy (non-hydrogen) atoms. The number of aromatic nitrogens is 3. The maximum atomic E-state index is 12.1. The summed E-state index contributed by atoms with van der Waals surface area (Å²) in [7, 11) is 0. The number of anilines is 1. The van der Waals surface area contributed by atoms with Crippen LogP contribution in [0, 0.1) is 6.92 Å². The van der Waals surface area contributed by atoms with Gasteiger partial charge in [0, 0.05) is 50.2 Å². The van der Waals surface area contributed by atoms with Crippen molar-refractivity contribution in [1.82, 2.24) is 19.9 Å². The molecule has 1 aliphatic rings. The lowest BCUT2D eigenvalue weighted by molar-refractivity contribution is -0.122. The molecule has 122 valence electrons. The van der Waals surface area contributed by atoms with E-state index in [0.717, 1.165) is 37.4 Å². The SMILES string of the molecule is Cc1cccc(N2CCC[C@H](NC(=O)CCn3ccnc3)C2)n1. The summed E-state index contributed by atoms with van der Waals surface area (Å²) >= 11 is 0. The minimum absolute atomic E-state index is 0.0998. The van der Waals surface area contributed by atoms with Crippen molar-refractivity contribution in [2.24, 2.45) is 0 Å². The van der Waals surface area contributed by atoms with Gasteiger partial charge in [0.1, 0.15) is 5.82 Å². The Morgan fingerprint density at radius 1 is 1.43 bits per heavy atom. The van der Waals surface area contributed by atoms with Gasteiger partial charge < -0.3 is 14.8 Å². The number of nitrogens with zero attached hydrogens (tertiary/aromatic N) is 4. The average Bonchev–Trinajstić information content (AvgIpc) is 3.07. The molecule has 1 aliphatic heterocycles. The van der Waals surface area contributed by atoms with Crippen LogP contribution >= 0.6 is 0 Å². The second-order valence-corrected chi connectivity index (χ2v) is 6.04. The molecule has 0 bridgehead atoms. The predicted molar refractivity (Wildman–Crippen MR) is 89.2 cm³/mol. The van der Waals surface area contributed by atoms with E-state index in [2.05, 4.69) is 20.2 Å². The van der Waals surface area contributed by atoms with Gasteiger partial charge in [0.2, 0.25) is 5.91 Å². The maximum absolute atomic E-state index is 12.1. The summed E-state index contributed by atoms with van der Waals surface area (Å²) in [5.41, 5.74) is 1.02. The number of aryl methyl sites for hydroxylation is 2. The number of pyridine rings is 1. The maximum Gasteiger partial charge on any atom is 0.222 e. The summed E-state index contributed by atoms with van der Waals surface area (Å²) < 4.78 is 1.92. The van der Waals surface area contributed by atoms with Gasteiger partial charge in [0.25, 0.3) is 0 Å². The van der Waals surface area contributed by atoms with Gasteiger partial charge in [-0.1, -0.05) is 6.07 Å². The highest BCUT2D eigenvalue weighted by molar-refractivity contribution is 5.76. The smallest absolute Gasteiger partial charge is 0.222 e. The van der Waals surface area contributed by atoms with E-state index in [4.69, 9.17) is 0 Å². The second-order valence-electron chi connectivity index (χ2n) is 6.04. The largest absolute Gasteiger partial charge is 0.355 e. The fourth-order valence-corrected chi connectivity index (χ4v) is 2.96. The van der Waals surface area contributed by atoms with E-state index in [1.165, 1.54) is 0 Å². The van der Waals surface area contributed by atoms with Crippen LogP contribution in [0.4, 0.5) is 5.82 Å². The molecule has 2 aromatic heterocycles. The third kappa shape index (κ3) is 4.31. The van der Waals surface area contributed by atoms with Gasteiger partial charge in [-0.2, -0.15) is 0 Å². The molecule has 1 saturated heterocycles. The molecule has 0 aromatic carbocycles. The summed E-state index contributed by atoms with van der Waals surface area (Å²) in [6, 6.07) is 6.27. The second kappa shape index (κ2) is 7.26. The molecule has 3 heterocycles. The van der Waals surface area contributed by atoms with Crippen LogP contribution in [0.1, 0.15) is 25.0 Å². The molecule has 1 N–H and O–H groups in total. The zero-order valence-corrected chi connectivity index (χ0v) is 13.5. The van der Waals surface area contributed by atoms with E-state index in [1.54, 1.807) is 12.5 Å². The first-order valence-corrected chi connectivity index (χ1v) is 8.14. The zero-order chi connectivity index (χ0) is 16.1. The van der Waals surface area contributed by atoms with E-state index in [-0.39, 0.29) is 11.9 Å². The average molecular weight is 313 g/mol. The number of hydrogen-bond acceptors (Lipinski definition) is 4. The molecule has 0 spiro atoms. The Kier molecular flexibility index (Phi) is 4.90. The van der Waals surface area contributed by atoms with Crippen LogP contribution in [0.15, 0.2) is 36.9 Å². The van der Waals surface area contributed by atoms with E-state index in [9.17, 15) is 4.79 Å². The first-order chi connectivity index (χ1) is 11.2. The molecule has 0 aliphatic carbocycles. The van der Waals surface area contributed by atoms with E-state index in [1.807, 2.05) is 35.9 Å². The van der Waals surface area contributed by atoms with Crippen LogP contribution in [0.25, 0.3) is 0 Å². The van der Waals surface area contributed by atoms with Crippen LogP contribution in [0.3, 0.4) is 0 Å². The summed E-state index contributed by atoms with van der Waals surface area (Å²) in [5, 5.41) is 3.15. The summed E-state index contributed by atoms with van der Waals surface area (Å²) in [6.07, 6.45) is 7.92. The number of carbonyl (C=O) groups is 1. The fraction of sp³-hybridized carbons (Fsp3) is 0.471. The van der Waals surface area contributed by atoms with E-state index < -0.39 is 0 Å². The number of rotatable bonds is 5. The quantitative estimate of drug-likeness (QED) is 0.913. The van der Waals surface area contributed by atoms with Crippen LogP contribution in [0.2, 0.25) is 0 Å². The summed E-state index contributed by atoms with van der Waals surface area (Å²) in [6.45, 7) is 4.50. The Hall–Kier alpha value is -2.37. The molecule has 6 nitrogen and oxygen atoms in total. The molecule has 0 saturated carbocycles. The molecular formula is C17H23N5O. The van der Waals surface area contributed by atoms with Crippen LogP contribution in [-0.2, 0) is 11.3 Å². The van der Waals surface area contributed by atoms with Crippen molar-refractivity contribution in [3.8, 4) is 0 Å². The standard InChI is InChI=1S/C17H23N5O/c1-14-4-2-6-16(19-14)22-9-3-5-15(12-22)20-17(23)7-10-21-11-8-18-13-21/h2,4,6,8,11,13,15H,3,5,7,9-10,12H2,1H3,(H,20,23)/t15-/m0/s1. The highest BCUT2D eigenvalue weighted by atomic mass is 16.1. The Morgan fingerprint density at radius 3 is 3.13 bits per heavy atom. The number of piperidine rings is 1. The topological polar surface area (TPSA) is 63.1 Å². The number of nitrogens with one attached hydrogen (secondary N) is 1. The van der Waals surface area contributed by atoms with Crippen molar-refractivity contribution in [1.29, 1.82) is 0 Å². The van der Waals surface area contributed by atoms with Gasteiger partial charge in [0.05, 0.1) is 6.33 Å². The Morgan fingerprint density at radius 2 is 2.35 bits per heavy atom. The van der Waals surface area contributed by atoms with Crippen LogP contribution in [-0.4, -0.2) is 39.6 Å². The van der Waals surface area contributed by atoms with E-state index >= 15 is 0 Å². The molecule has 0 radical (unpaired) electrons. The minimum atomic E-state index is 0.0998. The molecular weight excluding hydrogens is 290 g/mol. The molecule has 1 fully saturated rings. The Bertz CT molecular complexity index is 640. The van der Waals surface area contributed by atoms with Crippen LogP contribution in [0.5, 0.6) is 0 Å². The molecule has 2 aromatic rings. The number of hydrogen-bond donors (Lipinski definition) is 1. The third-order valence-corrected chi connectivity index (χ3v) is 4.14. The highest BCUT2D eigenvalue weighted by Gasteiger charge is 2.22. The van der Waals surface area contributed by atoms with Crippen molar-refractivity contribution in [2.45, 2.75) is 38.8 Å². The van der Waals surface area contributed by atoms with Crippen molar-refractivity contribution < 1.29 is 4.79 Å². The van der Waals surface area contributed by atoms with Crippen LogP contribution < -0.4 is 10.2 Å². The molecule has 1 amide bonds. The van der Waals surface area contributed by atoms with Gasteiger partial charge in [-0.15, -0.1) is 0 Å². The van der Waals surface area contributed by atoms with Gasteiger partial charge in [-0.25, -0.2) is 9.97 Å². The Balaban J connectivity index is 1.51. The zero-order valence-electron chi connectivity index (χ0n) is 13.5. The first-order valence-electron chi connectivity index (χ1n) is 8.14. The minimum Gasteiger partial charge on any atom is -0.355 e. The molecule has 6 heteroatoms. The normalized spacial score (nSPS) is 18.0. The van der Waals surface area contributed by atoms with Crippen molar-refractivity contribution in [3.05, 3.63) is 42.6 Å². The summed E-state index contributed by atoms with van der Waals surface area (Å²) in [4.78, 5) is 23.0. The van der Waals surface area contributed by atoms with Crippen molar-refractivity contribution in [3.63, 3.8) is 0 Å². The fourth-order valence-electron chi connectivity index (χ4n) is 2.96. The number of carbonyl (C=O) groups excluding carboxylic acids is 1. The van der Waals surface area contributed by atoms with E-state index in [0.29, 0.717) is 13.0 Å². The molecule has 3 rings (SSSR count). The summed E-state index contributed by atoms with van der Waals surface area (Å²) in [5.74, 6) is 1.10. The lowest BCUT2D eigenvalue weighted by atomic mass is 10.1. The first kappa shape index (κ1) is 15.5. The number of amides is 1. The highest BCUT2D eigenvalue weighted by Crippen LogP contribution is 2.18. The molecule has 0 unspecified atom stereocenters. The predicted octanol–water partition coefficient (Wildman–Crippen LogP) is 1.76. The lowest BCUT2D eigenvalue weighted by Gasteiger charge is -2.34. The third-order valence-electron chi connectivity index (χ3n) is 4.14. The lowest BCUT2D eigenvalue weighted by Crippen LogP contribution is -2.48. The monoisotopic (exact) mass is 313 g/mol. The van der Waals surface area contributed by atoms with Crippen molar-refractivity contribution >= 4 is 11.7 Å². The molecule has 1 atom stereocenters. The van der Waals surface area contributed by atoms with Gasteiger partial charge in [-0.3, -0.25) is 4.79 Å². The van der Waals surface area contributed by atoms with Gasteiger partial charge in [-0.05, 0) is 31.9 Å².